The molecule has 1 N–H and O–H groups in total. The van der Waals surface area contributed by atoms with Gasteiger partial charge in [0.1, 0.15) is 0 Å². The topological polar surface area (TPSA) is 47.6 Å². The summed E-state index contributed by atoms with van der Waals surface area (Å²) < 4.78 is 10.6. The molecule has 16 heavy (non-hydrogen) atoms. The molecule has 1 fully saturated rings. The van der Waals surface area contributed by atoms with E-state index in [1.54, 1.807) is 0 Å². The average Bonchev–Trinajstić information content (AvgIpc) is 2.65. The number of carbonyl (C=O) groups excluding carboxylic acids is 1. The average molecular weight is 229 g/mol. The Morgan fingerprint density at radius 1 is 1.62 bits per heavy atom. The van der Waals surface area contributed by atoms with Crippen LogP contribution in [0.2, 0.25) is 0 Å². The molecule has 0 aromatic carbocycles. The summed E-state index contributed by atoms with van der Waals surface area (Å²) in [6.45, 7) is 8.57. The zero-order valence-corrected chi connectivity index (χ0v) is 10.5. The van der Waals surface area contributed by atoms with Crippen molar-refractivity contribution < 1.29 is 14.3 Å². The van der Waals surface area contributed by atoms with Crippen LogP contribution in [0.1, 0.15) is 33.6 Å². The smallest absolute Gasteiger partial charge is 0.309 e. The monoisotopic (exact) mass is 229 g/mol. The van der Waals surface area contributed by atoms with E-state index in [0.717, 1.165) is 26.0 Å². The van der Waals surface area contributed by atoms with E-state index in [2.05, 4.69) is 12.2 Å². The first-order valence-electron chi connectivity index (χ1n) is 6.09. The molecule has 0 amide bonds. The van der Waals surface area contributed by atoms with Gasteiger partial charge in [0.15, 0.2) is 0 Å². The zero-order valence-electron chi connectivity index (χ0n) is 10.5. The lowest BCUT2D eigenvalue weighted by atomic mass is 10.0. The summed E-state index contributed by atoms with van der Waals surface area (Å²) in [5.74, 6) is -0.225. The number of ether oxygens (including phenoxy) is 2. The van der Waals surface area contributed by atoms with Gasteiger partial charge in [-0.25, -0.2) is 0 Å². The van der Waals surface area contributed by atoms with E-state index in [1.165, 1.54) is 0 Å². The van der Waals surface area contributed by atoms with Crippen LogP contribution in [-0.2, 0) is 14.3 Å². The quantitative estimate of drug-likeness (QED) is 0.698. The van der Waals surface area contributed by atoms with Crippen molar-refractivity contribution >= 4 is 5.97 Å². The standard InChI is InChI=1S/C12H23NO3/c1-4-15-11(14)10(2)8-13-9-12(3)6-5-7-16-12/h10,13H,4-9H2,1-3H3. The molecule has 1 saturated heterocycles. The Kier molecular flexibility index (Phi) is 5.22. The molecule has 4 nitrogen and oxygen atoms in total. The maximum Gasteiger partial charge on any atom is 0.309 e. The molecular weight excluding hydrogens is 206 g/mol. The Labute approximate surface area is 97.7 Å². The molecule has 1 aliphatic rings. The van der Waals surface area contributed by atoms with E-state index < -0.39 is 0 Å². The van der Waals surface area contributed by atoms with Crippen molar-refractivity contribution in [2.75, 3.05) is 26.3 Å². The molecule has 0 saturated carbocycles. The minimum absolute atomic E-state index is 0.0472. The van der Waals surface area contributed by atoms with Crippen LogP contribution in [0.3, 0.4) is 0 Å². The van der Waals surface area contributed by atoms with Crippen LogP contribution in [0.4, 0.5) is 0 Å². The van der Waals surface area contributed by atoms with Crippen molar-refractivity contribution in [3.8, 4) is 0 Å². The zero-order chi connectivity index (χ0) is 12.0. The third-order valence-electron chi connectivity index (χ3n) is 2.94. The SMILES string of the molecule is CCOC(=O)C(C)CNCC1(C)CCCO1. The molecule has 0 aromatic rings. The van der Waals surface area contributed by atoms with Crippen LogP contribution in [-0.4, -0.2) is 37.9 Å². The summed E-state index contributed by atoms with van der Waals surface area (Å²) in [7, 11) is 0. The second kappa shape index (κ2) is 6.21. The van der Waals surface area contributed by atoms with Crippen LogP contribution in [0.15, 0.2) is 0 Å². The summed E-state index contributed by atoms with van der Waals surface area (Å²) in [6, 6.07) is 0. The summed E-state index contributed by atoms with van der Waals surface area (Å²) in [5.41, 5.74) is -0.0472. The molecule has 0 aromatic heterocycles. The van der Waals surface area contributed by atoms with Gasteiger partial charge in [-0.05, 0) is 26.7 Å². The molecule has 0 bridgehead atoms. The largest absolute Gasteiger partial charge is 0.466 e. The molecular formula is C12H23NO3. The third-order valence-corrected chi connectivity index (χ3v) is 2.94. The van der Waals surface area contributed by atoms with Gasteiger partial charge in [-0.1, -0.05) is 6.92 Å². The second-order valence-electron chi connectivity index (χ2n) is 4.69. The minimum atomic E-state index is -0.132. The van der Waals surface area contributed by atoms with E-state index in [1.807, 2.05) is 13.8 Å². The van der Waals surface area contributed by atoms with Gasteiger partial charge in [0.2, 0.25) is 0 Å². The predicted octanol–water partition coefficient (Wildman–Crippen LogP) is 1.34. The molecule has 2 unspecified atom stereocenters. The maximum absolute atomic E-state index is 11.4. The number of hydrogen-bond acceptors (Lipinski definition) is 4. The van der Waals surface area contributed by atoms with Crippen LogP contribution in [0, 0.1) is 5.92 Å². The fourth-order valence-electron chi connectivity index (χ4n) is 1.90. The Morgan fingerprint density at radius 3 is 2.94 bits per heavy atom. The summed E-state index contributed by atoms with van der Waals surface area (Å²) in [6.07, 6.45) is 2.22. The van der Waals surface area contributed by atoms with Gasteiger partial charge in [0, 0.05) is 19.7 Å². The highest BCUT2D eigenvalue weighted by Crippen LogP contribution is 2.23. The van der Waals surface area contributed by atoms with Crippen LogP contribution >= 0.6 is 0 Å². The lowest BCUT2D eigenvalue weighted by Gasteiger charge is -2.24. The first-order valence-corrected chi connectivity index (χ1v) is 6.09. The van der Waals surface area contributed by atoms with Crippen molar-refractivity contribution in [3.63, 3.8) is 0 Å². The molecule has 1 rings (SSSR count). The third kappa shape index (κ3) is 4.10. The number of esters is 1. The van der Waals surface area contributed by atoms with Crippen molar-refractivity contribution in [1.82, 2.24) is 5.32 Å². The van der Waals surface area contributed by atoms with E-state index >= 15 is 0 Å². The van der Waals surface area contributed by atoms with E-state index in [-0.39, 0.29) is 17.5 Å². The highest BCUT2D eigenvalue weighted by atomic mass is 16.5. The second-order valence-corrected chi connectivity index (χ2v) is 4.69. The van der Waals surface area contributed by atoms with Gasteiger partial charge in [-0.3, -0.25) is 4.79 Å². The van der Waals surface area contributed by atoms with Gasteiger partial charge in [0.25, 0.3) is 0 Å². The van der Waals surface area contributed by atoms with Crippen molar-refractivity contribution in [2.45, 2.75) is 39.2 Å². The molecule has 0 aliphatic carbocycles. The molecule has 2 atom stereocenters. The molecule has 1 heterocycles. The first-order chi connectivity index (χ1) is 7.57. The minimum Gasteiger partial charge on any atom is -0.466 e. The molecule has 4 heteroatoms. The summed E-state index contributed by atoms with van der Waals surface area (Å²) in [4.78, 5) is 11.4. The van der Waals surface area contributed by atoms with E-state index in [0.29, 0.717) is 13.2 Å². The lowest BCUT2D eigenvalue weighted by molar-refractivity contribution is -0.147. The highest BCUT2D eigenvalue weighted by Gasteiger charge is 2.29. The van der Waals surface area contributed by atoms with E-state index in [9.17, 15) is 4.79 Å². The van der Waals surface area contributed by atoms with Crippen LogP contribution in [0.25, 0.3) is 0 Å². The molecule has 0 radical (unpaired) electrons. The van der Waals surface area contributed by atoms with Gasteiger partial charge in [-0.15, -0.1) is 0 Å². The Bertz CT molecular complexity index is 224. The molecule has 0 spiro atoms. The number of rotatable bonds is 6. The van der Waals surface area contributed by atoms with Crippen molar-refractivity contribution in [2.24, 2.45) is 5.92 Å². The summed E-state index contributed by atoms with van der Waals surface area (Å²) >= 11 is 0. The van der Waals surface area contributed by atoms with E-state index in [4.69, 9.17) is 9.47 Å². The van der Waals surface area contributed by atoms with Gasteiger partial charge in [0.05, 0.1) is 18.1 Å². The maximum atomic E-state index is 11.4. The molecule has 1 aliphatic heterocycles. The van der Waals surface area contributed by atoms with Gasteiger partial charge >= 0.3 is 5.97 Å². The fraction of sp³-hybridized carbons (Fsp3) is 0.917. The lowest BCUT2D eigenvalue weighted by Crippen LogP contribution is -2.40. The Hall–Kier alpha value is -0.610. The van der Waals surface area contributed by atoms with Crippen molar-refractivity contribution in [3.05, 3.63) is 0 Å². The first kappa shape index (κ1) is 13.5. The normalized spacial score (nSPS) is 26.7. The fourth-order valence-corrected chi connectivity index (χ4v) is 1.90. The van der Waals surface area contributed by atoms with Crippen LogP contribution in [0.5, 0.6) is 0 Å². The Balaban J connectivity index is 2.17. The predicted molar refractivity (Wildman–Crippen MR) is 62.3 cm³/mol. The highest BCUT2D eigenvalue weighted by molar-refractivity contribution is 5.72. The number of carbonyl (C=O) groups is 1. The van der Waals surface area contributed by atoms with Crippen molar-refractivity contribution in [1.29, 1.82) is 0 Å². The van der Waals surface area contributed by atoms with Gasteiger partial charge in [-0.2, -0.15) is 0 Å². The van der Waals surface area contributed by atoms with Gasteiger partial charge < -0.3 is 14.8 Å². The number of nitrogens with one attached hydrogen (secondary N) is 1. The molecule has 94 valence electrons. The summed E-state index contributed by atoms with van der Waals surface area (Å²) in [5, 5.41) is 3.28. The Morgan fingerprint density at radius 2 is 2.38 bits per heavy atom. The van der Waals surface area contributed by atoms with Crippen LogP contribution < -0.4 is 5.32 Å². The number of hydrogen-bond donors (Lipinski definition) is 1.